The number of hydrogen-bond acceptors (Lipinski definition) is 6. The molecule has 1 amide bonds. The number of carbonyl (C=O) groups is 1. The molecule has 4 heterocycles. The Morgan fingerprint density at radius 2 is 1.97 bits per heavy atom. The second-order valence-electron chi connectivity index (χ2n) is 7.34. The van der Waals surface area contributed by atoms with E-state index in [1.165, 1.54) is 23.5 Å². The topological polar surface area (TPSA) is 92.1 Å². The number of rotatable bonds is 5. The second-order valence-corrected chi connectivity index (χ2v) is 8.33. The lowest BCUT2D eigenvalue weighted by atomic mass is 10.1. The van der Waals surface area contributed by atoms with E-state index in [-0.39, 0.29) is 11.7 Å². The van der Waals surface area contributed by atoms with Crippen LogP contribution in [0, 0.1) is 12.7 Å². The minimum Gasteiger partial charge on any atom is -0.338 e. The molecular formula is C22H20FN7OS. The number of nitrogens with zero attached hydrogens (tertiary/aromatic N) is 6. The molecule has 5 aromatic rings. The molecule has 162 valence electrons. The van der Waals surface area contributed by atoms with Crippen LogP contribution >= 0.6 is 11.3 Å². The number of halogens is 1. The summed E-state index contributed by atoms with van der Waals surface area (Å²) in [4.78, 5) is 25.4. The van der Waals surface area contributed by atoms with Gasteiger partial charge >= 0.3 is 0 Å². The molecule has 10 heteroatoms. The van der Waals surface area contributed by atoms with Crippen molar-refractivity contribution < 1.29 is 9.18 Å². The summed E-state index contributed by atoms with van der Waals surface area (Å²) < 4.78 is 14.8. The van der Waals surface area contributed by atoms with Crippen LogP contribution in [0.1, 0.15) is 29.1 Å². The van der Waals surface area contributed by atoms with Crippen LogP contribution in [0.15, 0.2) is 36.7 Å². The Balaban J connectivity index is 1.58. The molecule has 0 aliphatic carbocycles. The summed E-state index contributed by atoms with van der Waals surface area (Å²) in [5, 5.41) is 12.6. The molecule has 0 bridgehead atoms. The quantitative estimate of drug-likeness (QED) is 0.431. The first-order valence-corrected chi connectivity index (χ1v) is 11.1. The van der Waals surface area contributed by atoms with E-state index in [1.54, 1.807) is 27.9 Å². The third-order valence-electron chi connectivity index (χ3n) is 5.47. The molecule has 0 unspecified atom stereocenters. The number of amides is 1. The third kappa shape index (κ3) is 3.23. The van der Waals surface area contributed by atoms with Gasteiger partial charge in [0.25, 0.3) is 5.91 Å². The first-order chi connectivity index (χ1) is 15.5. The lowest BCUT2D eigenvalue weighted by Gasteiger charge is -2.17. The first kappa shape index (κ1) is 20.3. The van der Waals surface area contributed by atoms with Crippen molar-refractivity contribution in [3.05, 3.63) is 52.9 Å². The van der Waals surface area contributed by atoms with Gasteiger partial charge in [-0.1, -0.05) is 0 Å². The summed E-state index contributed by atoms with van der Waals surface area (Å²) in [5.41, 5.74) is 3.58. The summed E-state index contributed by atoms with van der Waals surface area (Å²) in [5.74, 6) is 0.168. The molecule has 0 spiro atoms. The third-order valence-corrected chi connectivity index (χ3v) is 6.66. The molecule has 0 fully saturated rings. The Kier molecular flexibility index (Phi) is 4.93. The molecule has 5 rings (SSSR count). The van der Waals surface area contributed by atoms with Gasteiger partial charge in [-0.2, -0.15) is 5.10 Å². The Labute approximate surface area is 186 Å². The van der Waals surface area contributed by atoms with Crippen LogP contribution < -0.4 is 0 Å². The zero-order valence-electron chi connectivity index (χ0n) is 17.8. The summed E-state index contributed by atoms with van der Waals surface area (Å²) in [6.45, 7) is 7.16. The Hall–Kier alpha value is -3.66. The minimum absolute atomic E-state index is 0.00546. The van der Waals surface area contributed by atoms with Gasteiger partial charge in [-0.3, -0.25) is 9.89 Å². The SMILES string of the molecule is CCN(CC)C(=O)c1sc2ncn3nc(-c4cc(-c5ccc(F)cc5)n[nH]4)nc3c2c1C. The fraction of sp³-hybridized carbons (Fsp3) is 0.227. The number of benzene rings is 1. The normalized spacial score (nSPS) is 11.5. The number of carbonyl (C=O) groups excluding carboxylic acids is 1. The van der Waals surface area contributed by atoms with E-state index in [0.29, 0.717) is 40.8 Å². The van der Waals surface area contributed by atoms with Gasteiger partial charge in [0.2, 0.25) is 0 Å². The van der Waals surface area contributed by atoms with Crippen LogP contribution in [-0.2, 0) is 0 Å². The van der Waals surface area contributed by atoms with Crippen molar-refractivity contribution in [3.63, 3.8) is 0 Å². The molecule has 0 saturated heterocycles. The fourth-order valence-electron chi connectivity index (χ4n) is 3.71. The predicted octanol–water partition coefficient (Wildman–Crippen LogP) is 4.33. The molecule has 1 aromatic carbocycles. The molecule has 8 nitrogen and oxygen atoms in total. The summed E-state index contributed by atoms with van der Waals surface area (Å²) in [6.07, 6.45) is 1.60. The number of aromatic nitrogens is 6. The first-order valence-electron chi connectivity index (χ1n) is 10.3. The van der Waals surface area contributed by atoms with Crippen molar-refractivity contribution in [1.82, 2.24) is 34.7 Å². The van der Waals surface area contributed by atoms with Crippen LogP contribution in [-0.4, -0.2) is 53.7 Å². The van der Waals surface area contributed by atoms with E-state index in [0.717, 1.165) is 21.3 Å². The van der Waals surface area contributed by atoms with Crippen LogP contribution in [0.4, 0.5) is 4.39 Å². The van der Waals surface area contributed by atoms with Crippen LogP contribution in [0.5, 0.6) is 0 Å². The highest BCUT2D eigenvalue weighted by Gasteiger charge is 2.23. The smallest absolute Gasteiger partial charge is 0.264 e. The largest absolute Gasteiger partial charge is 0.338 e. The van der Waals surface area contributed by atoms with Gasteiger partial charge in [-0.25, -0.2) is 18.9 Å². The van der Waals surface area contributed by atoms with E-state index < -0.39 is 0 Å². The van der Waals surface area contributed by atoms with Gasteiger partial charge in [0.05, 0.1) is 16.0 Å². The second kappa shape index (κ2) is 7.79. The maximum atomic E-state index is 13.2. The average Bonchev–Trinajstić information content (AvgIpc) is 3.51. The molecule has 0 aliphatic heterocycles. The summed E-state index contributed by atoms with van der Waals surface area (Å²) >= 11 is 1.38. The van der Waals surface area contributed by atoms with Gasteiger partial charge in [0.15, 0.2) is 11.5 Å². The number of fused-ring (bicyclic) bond motifs is 3. The highest BCUT2D eigenvalue weighted by molar-refractivity contribution is 7.20. The monoisotopic (exact) mass is 449 g/mol. The lowest BCUT2D eigenvalue weighted by molar-refractivity contribution is 0.0777. The number of hydrogen-bond donors (Lipinski definition) is 1. The number of thiophene rings is 1. The Morgan fingerprint density at radius 3 is 2.69 bits per heavy atom. The van der Waals surface area contributed by atoms with E-state index >= 15 is 0 Å². The van der Waals surface area contributed by atoms with Crippen molar-refractivity contribution in [2.75, 3.05) is 13.1 Å². The van der Waals surface area contributed by atoms with Crippen molar-refractivity contribution in [1.29, 1.82) is 0 Å². The van der Waals surface area contributed by atoms with E-state index in [4.69, 9.17) is 4.98 Å². The zero-order chi connectivity index (χ0) is 22.4. The van der Waals surface area contributed by atoms with Crippen molar-refractivity contribution in [2.24, 2.45) is 0 Å². The van der Waals surface area contributed by atoms with E-state index in [9.17, 15) is 9.18 Å². The molecule has 0 atom stereocenters. The average molecular weight is 450 g/mol. The molecule has 1 N–H and O–H groups in total. The molecule has 0 aliphatic rings. The number of nitrogens with one attached hydrogen (secondary N) is 1. The zero-order valence-corrected chi connectivity index (χ0v) is 18.6. The van der Waals surface area contributed by atoms with Gasteiger partial charge < -0.3 is 4.90 Å². The summed E-state index contributed by atoms with van der Waals surface area (Å²) in [7, 11) is 0. The molecule has 4 aromatic heterocycles. The maximum absolute atomic E-state index is 13.2. The van der Waals surface area contributed by atoms with Gasteiger partial charge in [0, 0.05) is 18.7 Å². The van der Waals surface area contributed by atoms with Gasteiger partial charge in [-0.05, 0) is 56.7 Å². The maximum Gasteiger partial charge on any atom is 0.264 e. The highest BCUT2D eigenvalue weighted by Crippen LogP contribution is 2.33. The predicted molar refractivity (Wildman–Crippen MR) is 121 cm³/mol. The van der Waals surface area contributed by atoms with Crippen molar-refractivity contribution in [3.8, 4) is 22.8 Å². The number of aromatic amines is 1. The van der Waals surface area contributed by atoms with Gasteiger partial charge in [-0.15, -0.1) is 16.4 Å². The van der Waals surface area contributed by atoms with Crippen LogP contribution in [0.25, 0.3) is 38.6 Å². The number of H-pyrrole nitrogens is 1. The highest BCUT2D eigenvalue weighted by atomic mass is 32.1. The van der Waals surface area contributed by atoms with Crippen LogP contribution in [0.3, 0.4) is 0 Å². The van der Waals surface area contributed by atoms with E-state index in [1.807, 2.05) is 26.8 Å². The molecule has 32 heavy (non-hydrogen) atoms. The minimum atomic E-state index is -0.298. The van der Waals surface area contributed by atoms with Crippen LogP contribution in [0.2, 0.25) is 0 Å². The summed E-state index contributed by atoms with van der Waals surface area (Å²) in [6, 6.07) is 7.95. The fourth-order valence-corrected chi connectivity index (χ4v) is 4.82. The van der Waals surface area contributed by atoms with Crippen molar-refractivity contribution >= 4 is 33.1 Å². The van der Waals surface area contributed by atoms with E-state index in [2.05, 4.69) is 20.3 Å². The van der Waals surface area contributed by atoms with Gasteiger partial charge in [0.1, 0.15) is 22.7 Å². The Bertz CT molecular complexity index is 1450. The standard InChI is InChI=1S/C22H20FN7OS/c1-4-29(5-2)22(31)18-12(3)17-20-25-19(28-30(20)11-24-21(17)32-18)16-10-15(26-27-16)13-6-8-14(23)9-7-13/h6-11H,4-5H2,1-3H3,(H,26,27). The number of aryl methyl sites for hydroxylation is 1. The van der Waals surface area contributed by atoms with Crippen molar-refractivity contribution in [2.45, 2.75) is 20.8 Å². The molecule has 0 saturated carbocycles. The lowest BCUT2D eigenvalue weighted by Crippen LogP contribution is -2.30. The Morgan fingerprint density at radius 1 is 1.22 bits per heavy atom. The molecule has 0 radical (unpaired) electrons. The molecular weight excluding hydrogens is 429 g/mol.